The van der Waals surface area contributed by atoms with Crippen LogP contribution >= 0.6 is 0 Å². The second kappa shape index (κ2) is 17.4. The van der Waals surface area contributed by atoms with Crippen molar-refractivity contribution in [3.63, 3.8) is 0 Å². The number of amides is 3. The summed E-state index contributed by atoms with van der Waals surface area (Å²) in [6.07, 6.45) is 2.19. The van der Waals surface area contributed by atoms with Gasteiger partial charge in [0.2, 0.25) is 5.91 Å². The highest BCUT2D eigenvalue weighted by molar-refractivity contribution is 5.98. The number of aryl methyl sites for hydroxylation is 2. The van der Waals surface area contributed by atoms with E-state index in [1.165, 1.54) is 13.8 Å². The number of benzene rings is 2. The third-order valence-corrected chi connectivity index (χ3v) is 7.29. The molecule has 1 aromatic heterocycles. The third kappa shape index (κ3) is 12.1. The summed E-state index contributed by atoms with van der Waals surface area (Å²) in [5, 5.41) is 8.06. The lowest BCUT2D eigenvalue weighted by molar-refractivity contribution is -0.145. The van der Waals surface area contributed by atoms with Crippen LogP contribution in [-0.2, 0) is 41.7 Å². The van der Waals surface area contributed by atoms with Crippen LogP contribution in [0.15, 0.2) is 66.9 Å². The Hall–Kier alpha value is -4.71. The fraction of sp³-hybridized carbons (Fsp3) is 0.472. The number of carbonyl (C=O) groups excluding carboxylic acids is 4. The molecule has 2 atom stereocenters. The summed E-state index contributed by atoms with van der Waals surface area (Å²) in [6.45, 7) is 12.8. The van der Waals surface area contributed by atoms with Crippen LogP contribution in [0.4, 0.5) is 10.6 Å². The maximum absolute atomic E-state index is 13.5. The molecule has 3 rings (SSSR count). The smallest absolute Gasteiger partial charge is 0.408 e. The van der Waals surface area contributed by atoms with Crippen molar-refractivity contribution in [1.29, 1.82) is 0 Å². The summed E-state index contributed by atoms with van der Waals surface area (Å²) in [5.41, 5.74) is -0.351. The van der Waals surface area contributed by atoms with E-state index in [9.17, 15) is 19.2 Å². The van der Waals surface area contributed by atoms with Crippen molar-refractivity contribution in [2.75, 3.05) is 18.5 Å². The average molecular weight is 664 g/mol. The van der Waals surface area contributed by atoms with Crippen LogP contribution in [0.25, 0.3) is 0 Å². The Morgan fingerprint density at radius 2 is 1.58 bits per heavy atom. The van der Waals surface area contributed by atoms with Crippen LogP contribution in [0.5, 0.6) is 0 Å². The van der Waals surface area contributed by atoms with Crippen molar-refractivity contribution < 1.29 is 33.4 Å². The van der Waals surface area contributed by atoms with E-state index in [-0.39, 0.29) is 25.1 Å². The first-order valence-corrected chi connectivity index (χ1v) is 16.2. The lowest BCUT2D eigenvalue weighted by Crippen LogP contribution is -2.59. The van der Waals surface area contributed by atoms with E-state index in [4.69, 9.17) is 14.2 Å². The van der Waals surface area contributed by atoms with Gasteiger partial charge in [-0.15, -0.1) is 0 Å². The second-order valence-electron chi connectivity index (χ2n) is 13.0. The van der Waals surface area contributed by atoms with Gasteiger partial charge in [-0.2, -0.15) is 0 Å². The Balaban J connectivity index is 1.68. The number of esters is 1. The van der Waals surface area contributed by atoms with Gasteiger partial charge in [0.05, 0.1) is 25.7 Å². The number of rotatable bonds is 16. The number of nitrogens with zero attached hydrogens (tertiary/aromatic N) is 2. The molecule has 0 aliphatic rings. The van der Waals surface area contributed by atoms with Gasteiger partial charge in [0, 0.05) is 12.7 Å². The van der Waals surface area contributed by atoms with Gasteiger partial charge < -0.3 is 34.7 Å². The molecule has 260 valence electrons. The molecule has 0 radical (unpaired) electrons. The Kier molecular flexibility index (Phi) is 13.7. The van der Waals surface area contributed by atoms with Gasteiger partial charge in [-0.05, 0) is 72.4 Å². The molecule has 0 bridgehead atoms. The maximum Gasteiger partial charge on any atom is 0.408 e. The van der Waals surface area contributed by atoms with Gasteiger partial charge in [0.15, 0.2) is 5.82 Å². The molecule has 2 aromatic carbocycles. The molecule has 0 saturated heterocycles. The number of ether oxygens (including phenoxy) is 3. The molecular weight excluding hydrogens is 614 g/mol. The monoisotopic (exact) mass is 663 g/mol. The standard InChI is InChI=1S/C36H49N5O7/c1-8-47-32(43)28(27-18-13-10-14-19-27)20-15-21-41-22-30(37-25(41)2)39-31(42)29(24-46-23-26-16-11-9-12-17-26)38-33(44)36(6,7)40-34(45)48-35(3,4)5/h9-14,16-19,22,28-29H,8,15,20-21,23-24H2,1-7H3,(H,38,44)(H,39,42)(H,40,45)/t28?,29-/m1/s1. The lowest BCUT2D eigenvalue weighted by Gasteiger charge is -2.29. The minimum absolute atomic E-state index is 0.136. The highest BCUT2D eigenvalue weighted by Gasteiger charge is 2.34. The zero-order valence-electron chi connectivity index (χ0n) is 29.0. The van der Waals surface area contributed by atoms with Crippen molar-refractivity contribution in [3.05, 3.63) is 83.8 Å². The van der Waals surface area contributed by atoms with Crippen LogP contribution in [0, 0.1) is 6.92 Å². The van der Waals surface area contributed by atoms with Gasteiger partial charge in [-0.1, -0.05) is 60.7 Å². The van der Waals surface area contributed by atoms with E-state index in [1.807, 2.05) is 72.2 Å². The molecule has 0 spiro atoms. The molecule has 3 aromatic rings. The molecule has 0 fully saturated rings. The van der Waals surface area contributed by atoms with Crippen molar-refractivity contribution in [2.24, 2.45) is 0 Å². The van der Waals surface area contributed by atoms with Gasteiger partial charge in [-0.25, -0.2) is 9.78 Å². The number of hydrogen-bond acceptors (Lipinski definition) is 8. The number of carbonyl (C=O) groups is 4. The third-order valence-electron chi connectivity index (χ3n) is 7.29. The van der Waals surface area contributed by atoms with Gasteiger partial charge in [0.25, 0.3) is 5.91 Å². The quantitative estimate of drug-likeness (QED) is 0.176. The topological polar surface area (TPSA) is 150 Å². The first kappa shape index (κ1) is 37.7. The van der Waals surface area contributed by atoms with Gasteiger partial charge in [-0.3, -0.25) is 14.4 Å². The van der Waals surface area contributed by atoms with E-state index in [1.54, 1.807) is 33.9 Å². The summed E-state index contributed by atoms with van der Waals surface area (Å²) >= 11 is 0. The number of alkyl carbamates (subject to hydrolysis) is 1. The van der Waals surface area contributed by atoms with E-state index >= 15 is 0 Å². The maximum atomic E-state index is 13.5. The van der Waals surface area contributed by atoms with Crippen molar-refractivity contribution >= 4 is 29.7 Å². The van der Waals surface area contributed by atoms with Crippen LogP contribution in [0.3, 0.4) is 0 Å². The van der Waals surface area contributed by atoms with E-state index in [2.05, 4.69) is 20.9 Å². The Morgan fingerprint density at radius 1 is 0.938 bits per heavy atom. The SMILES string of the molecule is CCOC(=O)C(CCCn1cc(NC(=O)[C@@H](COCc2ccccc2)NC(=O)C(C)(C)NC(=O)OC(C)(C)C)nc1C)c1ccccc1. The number of hydrogen-bond donors (Lipinski definition) is 3. The minimum Gasteiger partial charge on any atom is -0.466 e. The Morgan fingerprint density at radius 3 is 2.21 bits per heavy atom. The number of aromatic nitrogens is 2. The van der Waals surface area contributed by atoms with Crippen LogP contribution in [0.2, 0.25) is 0 Å². The molecule has 12 heteroatoms. The molecule has 3 amide bonds. The molecule has 0 aliphatic carbocycles. The summed E-state index contributed by atoms with van der Waals surface area (Å²) in [7, 11) is 0. The number of anilines is 1. The summed E-state index contributed by atoms with van der Waals surface area (Å²) < 4.78 is 18.3. The molecule has 0 aliphatic heterocycles. The number of imidazole rings is 1. The lowest BCUT2D eigenvalue weighted by atomic mass is 9.94. The zero-order valence-corrected chi connectivity index (χ0v) is 29.0. The van der Waals surface area contributed by atoms with Gasteiger partial charge >= 0.3 is 12.1 Å². The first-order valence-electron chi connectivity index (χ1n) is 16.2. The van der Waals surface area contributed by atoms with Crippen molar-refractivity contribution in [2.45, 2.75) is 97.6 Å². The largest absolute Gasteiger partial charge is 0.466 e. The number of nitrogens with one attached hydrogen (secondary N) is 3. The second-order valence-corrected chi connectivity index (χ2v) is 13.0. The fourth-order valence-corrected chi connectivity index (χ4v) is 4.83. The van der Waals surface area contributed by atoms with E-state index in [0.29, 0.717) is 37.6 Å². The predicted octanol–water partition coefficient (Wildman–Crippen LogP) is 5.26. The Bertz CT molecular complexity index is 1500. The summed E-state index contributed by atoms with van der Waals surface area (Å²) in [4.78, 5) is 56.4. The summed E-state index contributed by atoms with van der Waals surface area (Å²) in [6, 6.07) is 17.9. The van der Waals surface area contributed by atoms with Crippen LogP contribution < -0.4 is 16.0 Å². The molecule has 48 heavy (non-hydrogen) atoms. The molecule has 0 saturated carbocycles. The molecule has 3 N–H and O–H groups in total. The summed E-state index contributed by atoms with van der Waals surface area (Å²) in [5.74, 6) is -0.819. The first-order chi connectivity index (χ1) is 22.7. The zero-order chi connectivity index (χ0) is 35.3. The molecule has 12 nitrogen and oxygen atoms in total. The fourth-order valence-electron chi connectivity index (χ4n) is 4.83. The molecule has 1 heterocycles. The van der Waals surface area contributed by atoms with E-state index < -0.39 is 35.1 Å². The highest BCUT2D eigenvalue weighted by atomic mass is 16.6. The average Bonchev–Trinajstić information content (AvgIpc) is 3.36. The predicted molar refractivity (Wildman–Crippen MR) is 182 cm³/mol. The Labute approximate surface area is 282 Å². The van der Waals surface area contributed by atoms with Gasteiger partial charge in [0.1, 0.15) is 23.0 Å². The molecular formula is C36H49N5O7. The van der Waals surface area contributed by atoms with Crippen LogP contribution in [0.1, 0.15) is 77.3 Å². The highest BCUT2D eigenvalue weighted by Crippen LogP contribution is 2.24. The van der Waals surface area contributed by atoms with Crippen LogP contribution in [-0.4, -0.2) is 63.8 Å². The normalized spacial score (nSPS) is 12.8. The van der Waals surface area contributed by atoms with Crippen molar-refractivity contribution in [3.8, 4) is 0 Å². The van der Waals surface area contributed by atoms with Crippen molar-refractivity contribution in [1.82, 2.24) is 20.2 Å². The molecule has 1 unspecified atom stereocenters. The van der Waals surface area contributed by atoms with E-state index in [0.717, 1.165) is 11.1 Å². The minimum atomic E-state index is -1.40.